The second kappa shape index (κ2) is 7.25. The molecule has 0 aliphatic heterocycles. The van der Waals surface area contributed by atoms with Gasteiger partial charge in [0.2, 0.25) is 0 Å². The van der Waals surface area contributed by atoms with Crippen LogP contribution in [0.25, 0.3) is 0 Å². The molecule has 0 bridgehead atoms. The second-order valence-corrected chi connectivity index (χ2v) is 8.16. The van der Waals surface area contributed by atoms with Gasteiger partial charge in [0, 0.05) is 19.4 Å². The molecule has 0 spiro atoms. The van der Waals surface area contributed by atoms with Crippen LogP contribution in [0.4, 0.5) is 0 Å². The first-order valence-corrected chi connectivity index (χ1v) is 9.75. The van der Waals surface area contributed by atoms with Crippen LogP contribution in [0, 0.1) is 3.57 Å². The van der Waals surface area contributed by atoms with Crippen LogP contribution in [-0.4, -0.2) is 6.54 Å². The highest BCUT2D eigenvalue weighted by Gasteiger charge is 2.19. The van der Waals surface area contributed by atoms with Gasteiger partial charge in [0.05, 0.1) is 0 Å². The second-order valence-electron chi connectivity index (χ2n) is 5.75. The van der Waals surface area contributed by atoms with E-state index in [2.05, 4.69) is 65.2 Å². The predicted octanol–water partition coefficient (Wildman–Crippen LogP) is 5.12. The summed E-state index contributed by atoms with van der Waals surface area (Å²) in [7, 11) is 0. The Balaban J connectivity index is 1.80. The van der Waals surface area contributed by atoms with Crippen molar-refractivity contribution in [2.75, 3.05) is 6.54 Å². The van der Waals surface area contributed by atoms with Crippen molar-refractivity contribution >= 4 is 33.9 Å². The van der Waals surface area contributed by atoms with Gasteiger partial charge in [0.1, 0.15) is 0 Å². The highest BCUT2D eigenvalue weighted by atomic mass is 127. The third kappa shape index (κ3) is 3.88. The lowest BCUT2D eigenvalue weighted by Crippen LogP contribution is -2.22. The first-order chi connectivity index (χ1) is 10.3. The van der Waals surface area contributed by atoms with E-state index in [1.165, 1.54) is 39.7 Å². The van der Waals surface area contributed by atoms with Crippen molar-refractivity contribution in [2.45, 2.75) is 45.1 Å². The summed E-state index contributed by atoms with van der Waals surface area (Å²) in [5, 5.41) is 3.68. The maximum atomic E-state index is 3.68. The van der Waals surface area contributed by atoms with E-state index in [-0.39, 0.29) is 0 Å². The minimum atomic E-state index is 0.464. The zero-order valence-electron chi connectivity index (χ0n) is 12.5. The van der Waals surface area contributed by atoms with Gasteiger partial charge in [-0.25, -0.2) is 0 Å². The van der Waals surface area contributed by atoms with Crippen molar-refractivity contribution in [3.8, 4) is 0 Å². The Morgan fingerprint density at radius 3 is 2.67 bits per heavy atom. The van der Waals surface area contributed by atoms with Gasteiger partial charge in [-0.3, -0.25) is 0 Å². The fourth-order valence-electron chi connectivity index (χ4n) is 3.06. The molecule has 112 valence electrons. The number of benzene rings is 1. The summed E-state index contributed by atoms with van der Waals surface area (Å²) in [5.41, 5.74) is 3.04. The van der Waals surface area contributed by atoms with Crippen LogP contribution in [0.3, 0.4) is 0 Å². The van der Waals surface area contributed by atoms with Crippen molar-refractivity contribution in [2.24, 2.45) is 0 Å². The fraction of sp³-hybridized carbons (Fsp3) is 0.444. The Bertz CT molecular complexity index is 564. The van der Waals surface area contributed by atoms with Crippen molar-refractivity contribution < 1.29 is 0 Å². The van der Waals surface area contributed by atoms with Gasteiger partial charge in [-0.2, -0.15) is 0 Å². The van der Waals surface area contributed by atoms with Gasteiger partial charge < -0.3 is 5.32 Å². The van der Waals surface area contributed by atoms with Crippen molar-refractivity contribution in [1.82, 2.24) is 5.32 Å². The molecule has 0 amide bonds. The van der Waals surface area contributed by atoms with Crippen LogP contribution < -0.4 is 5.32 Å². The number of hydrogen-bond donors (Lipinski definition) is 1. The maximum Gasteiger partial charge on any atom is 0.0455 e. The number of nitrogens with one attached hydrogen (secondary N) is 1. The molecule has 3 heteroatoms. The zero-order valence-corrected chi connectivity index (χ0v) is 15.5. The molecule has 1 atom stereocenters. The molecule has 2 aromatic rings. The highest BCUT2D eigenvalue weighted by molar-refractivity contribution is 14.1. The molecule has 0 fully saturated rings. The lowest BCUT2D eigenvalue weighted by molar-refractivity contribution is 0.558. The molecule has 0 radical (unpaired) electrons. The standard InChI is InChI=1S/C18H22INS/c1-2-20-16(11-13-7-9-15(19)10-8-13)18-12-14-5-3-4-6-17(14)21-18/h7-10,12,16,20H,2-6,11H2,1H3. The quantitative estimate of drug-likeness (QED) is 0.673. The Kier molecular flexibility index (Phi) is 5.35. The van der Waals surface area contributed by atoms with Crippen molar-refractivity contribution in [3.63, 3.8) is 0 Å². The average molecular weight is 411 g/mol. The fourth-order valence-corrected chi connectivity index (χ4v) is 4.75. The molecule has 1 unspecified atom stereocenters. The monoisotopic (exact) mass is 411 g/mol. The summed E-state index contributed by atoms with van der Waals surface area (Å²) >= 11 is 4.41. The molecule has 1 heterocycles. The van der Waals surface area contributed by atoms with E-state index in [9.17, 15) is 0 Å². The maximum absolute atomic E-state index is 3.68. The van der Waals surface area contributed by atoms with Crippen LogP contribution in [0.1, 0.15) is 46.7 Å². The van der Waals surface area contributed by atoms with Gasteiger partial charge >= 0.3 is 0 Å². The number of fused-ring (bicyclic) bond motifs is 1. The SMILES string of the molecule is CCNC(Cc1ccc(I)cc1)c1cc2c(s1)CCCC2. The summed E-state index contributed by atoms with van der Waals surface area (Å²) in [6.07, 6.45) is 6.41. The van der Waals surface area contributed by atoms with Crippen molar-refractivity contribution in [3.05, 3.63) is 54.8 Å². The molecule has 1 aromatic carbocycles. The van der Waals surface area contributed by atoms with E-state index in [0.29, 0.717) is 6.04 Å². The Morgan fingerprint density at radius 1 is 1.19 bits per heavy atom. The van der Waals surface area contributed by atoms with Crippen LogP contribution in [0.15, 0.2) is 30.3 Å². The third-order valence-electron chi connectivity index (χ3n) is 4.16. The molecule has 1 nitrogen and oxygen atoms in total. The molecule has 1 aliphatic carbocycles. The number of likely N-dealkylation sites (N-methyl/N-ethyl adjacent to an activating group) is 1. The Morgan fingerprint density at radius 2 is 1.95 bits per heavy atom. The van der Waals surface area contributed by atoms with Crippen LogP contribution in [0.5, 0.6) is 0 Å². The minimum Gasteiger partial charge on any atom is -0.309 e. The molecule has 1 N–H and O–H groups in total. The molecular weight excluding hydrogens is 389 g/mol. The molecule has 3 rings (SSSR count). The summed E-state index contributed by atoms with van der Waals surface area (Å²) < 4.78 is 1.31. The first kappa shape index (κ1) is 15.5. The van der Waals surface area contributed by atoms with E-state index in [4.69, 9.17) is 0 Å². The lowest BCUT2D eigenvalue weighted by atomic mass is 9.98. The van der Waals surface area contributed by atoms with Crippen molar-refractivity contribution in [1.29, 1.82) is 0 Å². The van der Waals surface area contributed by atoms with E-state index in [1.54, 1.807) is 10.4 Å². The van der Waals surface area contributed by atoms with Crippen LogP contribution >= 0.6 is 33.9 Å². The summed E-state index contributed by atoms with van der Waals surface area (Å²) in [6, 6.07) is 11.9. The zero-order chi connectivity index (χ0) is 14.7. The van der Waals surface area contributed by atoms with E-state index < -0.39 is 0 Å². The molecular formula is C18H22INS. The van der Waals surface area contributed by atoms with Gasteiger partial charge in [0.15, 0.2) is 0 Å². The van der Waals surface area contributed by atoms with Gasteiger partial charge in [-0.15, -0.1) is 11.3 Å². The van der Waals surface area contributed by atoms with E-state index in [0.717, 1.165) is 13.0 Å². The molecule has 1 aliphatic rings. The lowest BCUT2D eigenvalue weighted by Gasteiger charge is -2.16. The van der Waals surface area contributed by atoms with Gasteiger partial charge in [0.25, 0.3) is 0 Å². The topological polar surface area (TPSA) is 12.0 Å². The van der Waals surface area contributed by atoms with Crippen LogP contribution in [-0.2, 0) is 19.3 Å². The molecule has 0 saturated carbocycles. The number of hydrogen-bond acceptors (Lipinski definition) is 2. The van der Waals surface area contributed by atoms with Gasteiger partial charge in [-0.1, -0.05) is 19.1 Å². The predicted molar refractivity (Wildman–Crippen MR) is 100 cm³/mol. The highest BCUT2D eigenvalue weighted by Crippen LogP contribution is 2.34. The minimum absolute atomic E-state index is 0.464. The summed E-state index contributed by atoms with van der Waals surface area (Å²) in [5.74, 6) is 0. The number of halogens is 1. The van der Waals surface area contributed by atoms with E-state index >= 15 is 0 Å². The molecule has 1 aromatic heterocycles. The molecule has 21 heavy (non-hydrogen) atoms. The molecule has 0 saturated heterocycles. The largest absolute Gasteiger partial charge is 0.309 e. The van der Waals surface area contributed by atoms with Gasteiger partial charge in [-0.05, 0) is 90.6 Å². The summed E-state index contributed by atoms with van der Waals surface area (Å²) in [6.45, 7) is 3.23. The van der Waals surface area contributed by atoms with Crippen LogP contribution in [0.2, 0.25) is 0 Å². The third-order valence-corrected chi connectivity index (χ3v) is 6.23. The Hall–Kier alpha value is -0.390. The first-order valence-electron chi connectivity index (χ1n) is 7.85. The summed E-state index contributed by atoms with van der Waals surface area (Å²) in [4.78, 5) is 3.17. The number of rotatable bonds is 5. The smallest absolute Gasteiger partial charge is 0.0455 e. The average Bonchev–Trinajstić information content (AvgIpc) is 2.93. The Labute approximate surface area is 145 Å². The number of aryl methyl sites for hydroxylation is 2. The normalized spacial score (nSPS) is 15.7. The number of thiophene rings is 1. The van der Waals surface area contributed by atoms with E-state index in [1.807, 2.05) is 11.3 Å².